The van der Waals surface area contributed by atoms with Gasteiger partial charge < -0.3 is 20.5 Å². The number of alkyl halides is 3. The summed E-state index contributed by atoms with van der Waals surface area (Å²) in [6, 6.07) is 17.0. The highest BCUT2D eigenvalue weighted by molar-refractivity contribution is 6.03. The number of rotatable bonds is 8. The molecule has 0 aliphatic carbocycles. The molecule has 1 aliphatic heterocycles. The lowest BCUT2D eigenvalue weighted by atomic mass is 9.96. The van der Waals surface area contributed by atoms with Crippen molar-refractivity contribution >= 4 is 28.8 Å². The van der Waals surface area contributed by atoms with Crippen molar-refractivity contribution in [3.8, 4) is 5.75 Å². The molecule has 0 aromatic heterocycles. The monoisotopic (exact) mass is 536 g/mol. The molecule has 3 aromatic rings. The second-order valence-corrected chi connectivity index (χ2v) is 8.92. The SMILES string of the molecule is CCCOc1cccc(C(=CC=CC(=O)Nc2cccc3c2CC(O)C(=O)N3)c2ccc(C(F)(F)F)cc2)c1. The fourth-order valence-electron chi connectivity index (χ4n) is 4.12. The number of nitrogens with one attached hydrogen (secondary N) is 2. The summed E-state index contributed by atoms with van der Waals surface area (Å²) in [4.78, 5) is 24.4. The first-order chi connectivity index (χ1) is 18.7. The van der Waals surface area contributed by atoms with Gasteiger partial charge in [-0.1, -0.05) is 49.4 Å². The topological polar surface area (TPSA) is 87.7 Å². The van der Waals surface area contributed by atoms with Crippen LogP contribution in [0.4, 0.5) is 24.5 Å². The van der Waals surface area contributed by atoms with E-state index >= 15 is 0 Å². The second kappa shape index (κ2) is 12.0. The fourth-order valence-corrected chi connectivity index (χ4v) is 4.12. The van der Waals surface area contributed by atoms with Crippen LogP contribution in [0.2, 0.25) is 0 Å². The molecule has 2 amide bonds. The normalized spacial score (nSPS) is 15.6. The van der Waals surface area contributed by atoms with E-state index in [-0.39, 0.29) is 6.42 Å². The van der Waals surface area contributed by atoms with Crippen molar-refractivity contribution in [2.45, 2.75) is 32.0 Å². The molecule has 39 heavy (non-hydrogen) atoms. The van der Waals surface area contributed by atoms with Crippen molar-refractivity contribution in [2.75, 3.05) is 17.2 Å². The van der Waals surface area contributed by atoms with E-state index in [1.165, 1.54) is 24.3 Å². The number of aliphatic hydroxyl groups is 1. The number of anilines is 2. The van der Waals surface area contributed by atoms with Gasteiger partial charge in [-0.05, 0) is 59.5 Å². The number of aliphatic hydroxyl groups excluding tert-OH is 1. The van der Waals surface area contributed by atoms with Crippen molar-refractivity contribution in [1.29, 1.82) is 0 Å². The summed E-state index contributed by atoms with van der Waals surface area (Å²) in [5, 5.41) is 15.3. The van der Waals surface area contributed by atoms with Crippen LogP contribution in [0.25, 0.3) is 5.57 Å². The summed E-state index contributed by atoms with van der Waals surface area (Å²) in [5.74, 6) is -0.342. The van der Waals surface area contributed by atoms with Crippen LogP contribution in [-0.4, -0.2) is 29.6 Å². The summed E-state index contributed by atoms with van der Waals surface area (Å²) in [5.41, 5.74) is 2.65. The lowest BCUT2D eigenvalue weighted by Crippen LogP contribution is -2.34. The lowest BCUT2D eigenvalue weighted by molar-refractivity contribution is -0.137. The van der Waals surface area contributed by atoms with Gasteiger partial charge >= 0.3 is 6.18 Å². The number of carbonyl (C=O) groups is 2. The number of fused-ring (bicyclic) bond motifs is 1. The summed E-state index contributed by atoms with van der Waals surface area (Å²) in [6.45, 7) is 2.50. The van der Waals surface area contributed by atoms with Crippen molar-refractivity contribution < 1.29 is 32.6 Å². The molecular formula is C30H27F3N2O4. The minimum atomic E-state index is -4.45. The number of ether oxygens (including phenoxy) is 1. The predicted molar refractivity (Wildman–Crippen MR) is 143 cm³/mol. The van der Waals surface area contributed by atoms with Crippen molar-refractivity contribution in [3.05, 3.63) is 107 Å². The Hall–Kier alpha value is -4.37. The molecule has 0 spiro atoms. The maximum absolute atomic E-state index is 13.1. The van der Waals surface area contributed by atoms with E-state index in [1.807, 2.05) is 13.0 Å². The Bertz CT molecular complexity index is 1410. The van der Waals surface area contributed by atoms with Gasteiger partial charge in [0.2, 0.25) is 5.91 Å². The summed E-state index contributed by atoms with van der Waals surface area (Å²) < 4.78 is 45.0. The van der Waals surface area contributed by atoms with Gasteiger partial charge in [-0.2, -0.15) is 13.2 Å². The van der Waals surface area contributed by atoms with Crippen LogP contribution in [-0.2, 0) is 22.2 Å². The molecule has 3 aromatic carbocycles. The lowest BCUT2D eigenvalue weighted by Gasteiger charge is -2.23. The summed E-state index contributed by atoms with van der Waals surface area (Å²) in [6.07, 6.45) is -0.338. The fraction of sp³-hybridized carbons (Fsp3) is 0.200. The predicted octanol–water partition coefficient (Wildman–Crippen LogP) is 5.98. The van der Waals surface area contributed by atoms with Crippen LogP contribution in [0.15, 0.2) is 85.0 Å². The molecule has 0 bridgehead atoms. The van der Waals surface area contributed by atoms with E-state index in [4.69, 9.17) is 4.74 Å². The molecule has 1 atom stereocenters. The number of carbonyl (C=O) groups excluding carboxylic acids is 2. The van der Waals surface area contributed by atoms with Crippen LogP contribution < -0.4 is 15.4 Å². The maximum Gasteiger partial charge on any atom is 0.416 e. The molecule has 0 saturated carbocycles. The van der Waals surface area contributed by atoms with E-state index in [0.717, 1.165) is 18.6 Å². The third-order valence-corrected chi connectivity index (χ3v) is 6.04. The van der Waals surface area contributed by atoms with Gasteiger partial charge in [0.15, 0.2) is 0 Å². The molecule has 0 saturated heterocycles. The van der Waals surface area contributed by atoms with Gasteiger partial charge in [-0.25, -0.2) is 0 Å². The van der Waals surface area contributed by atoms with E-state index < -0.39 is 29.7 Å². The molecule has 202 valence electrons. The van der Waals surface area contributed by atoms with E-state index in [2.05, 4.69) is 10.6 Å². The van der Waals surface area contributed by atoms with Gasteiger partial charge in [0.05, 0.1) is 12.2 Å². The summed E-state index contributed by atoms with van der Waals surface area (Å²) >= 11 is 0. The number of halogens is 3. The number of benzene rings is 3. The Morgan fingerprint density at radius 2 is 1.85 bits per heavy atom. The highest BCUT2D eigenvalue weighted by Gasteiger charge is 2.30. The molecule has 1 unspecified atom stereocenters. The smallest absolute Gasteiger partial charge is 0.416 e. The highest BCUT2D eigenvalue weighted by Crippen LogP contribution is 2.33. The van der Waals surface area contributed by atoms with Gasteiger partial charge in [0.25, 0.3) is 5.91 Å². The first-order valence-corrected chi connectivity index (χ1v) is 12.4. The van der Waals surface area contributed by atoms with Crippen LogP contribution in [0.5, 0.6) is 5.75 Å². The average molecular weight is 537 g/mol. The molecule has 1 heterocycles. The standard InChI is InChI=1S/C30H27F3N2O4/c1-2-16-39-22-7-3-6-20(17-22)23(19-12-14-21(15-13-19)30(31,32)33)8-4-11-28(37)34-25-9-5-10-26-24(25)18-27(36)29(38)35-26/h3-15,17,27,36H,2,16,18H2,1H3,(H,34,37)(H,35,38). The Balaban J connectivity index is 1.60. The van der Waals surface area contributed by atoms with Crippen LogP contribution in [0.3, 0.4) is 0 Å². The molecular weight excluding hydrogens is 509 g/mol. The Morgan fingerprint density at radius 1 is 1.10 bits per heavy atom. The average Bonchev–Trinajstić information content (AvgIpc) is 2.91. The Labute approximate surface area is 223 Å². The first-order valence-electron chi connectivity index (χ1n) is 12.4. The molecule has 0 fully saturated rings. The molecule has 0 radical (unpaired) electrons. The van der Waals surface area contributed by atoms with E-state index in [0.29, 0.717) is 46.0 Å². The third kappa shape index (κ3) is 6.94. The first kappa shape index (κ1) is 27.7. The number of allylic oxidation sites excluding steroid dienone is 2. The Kier molecular flexibility index (Phi) is 8.51. The van der Waals surface area contributed by atoms with Crippen LogP contribution >= 0.6 is 0 Å². The van der Waals surface area contributed by atoms with Crippen molar-refractivity contribution in [1.82, 2.24) is 0 Å². The molecule has 6 nitrogen and oxygen atoms in total. The highest BCUT2D eigenvalue weighted by atomic mass is 19.4. The largest absolute Gasteiger partial charge is 0.494 e. The molecule has 1 aliphatic rings. The minimum absolute atomic E-state index is 0.0652. The van der Waals surface area contributed by atoms with Crippen LogP contribution in [0, 0.1) is 0 Å². The zero-order valence-electron chi connectivity index (χ0n) is 21.1. The Morgan fingerprint density at radius 3 is 2.56 bits per heavy atom. The number of hydrogen-bond acceptors (Lipinski definition) is 4. The zero-order chi connectivity index (χ0) is 28.0. The zero-order valence-corrected chi connectivity index (χ0v) is 21.1. The number of amides is 2. The minimum Gasteiger partial charge on any atom is -0.494 e. The van der Waals surface area contributed by atoms with E-state index in [9.17, 15) is 27.9 Å². The quantitative estimate of drug-likeness (QED) is 0.244. The molecule has 9 heteroatoms. The second-order valence-electron chi connectivity index (χ2n) is 8.92. The van der Waals surface area contributed by atoms with Crippen molar-refractivity contribution in [3.63, 3.8) is 0 Å². The third-order valence-electron chi connectivity index (χ3n) is 6.04. The van der Waals surface area contributed by atoms with Gasteiger partial charge in [-0.15, -0.1) is 0 Å². The molecule has 3 N–H and O–H groups in total. The summed E-state index contributed by atoms with van der Waals surface area (Å²) in [7, 11) is 0. The number of hydrogen-bond donors (Lipinski definition) is 3. The molecule has 4 rings (SSSR count). The van der Waals surface area contributed by atoms with Gasteiger partial charge in [0, 0.05) is 29.4 Å². The van der Waals surface area contributed by atoms with Crippen molar-refractivity contribution in [2.24, 2.45) is 0 Å². The maximum atomic E-state index is 13.1. The van der Waals surface area contributed by atoms with E-state index in [1.54, 1.807) is 42.5 Å². The van der Waals surface area contributed by atoms with Crippen LogP contribution in [0.1, 0.15) is 35.6 Å². The van der Waals surface area contributed by atoms with Gasteiger partial charge in [-0.3, -0.25) is 9.59 Å². The van der Waals surface area contributed by atoms with Gasteiger partial charge in [0.1, 0.15) is 11.9 Å².